The van der Waals surface area contributed by atoms with Crippen LogP contribution in [0.4, 0.5) is 0 Å². The predicted octanol–water partition coefficient (Wildman–Crippen LogP) is -1.03. The standard InChI is InChI=1S/C5H9N5O/c1-2-3-7-4(10-9-3)5(11)8-6/h2,6H2,1H3,(H,8,11)(H,7,9,10). The first-order valence-corrected chi connectivity index (χ1v) is 3.20. The third-order valence-electron chi connectivity index (χ3n) is 1.20. The molecule has 0 aromatic carbocycles. The summed E-state index contributed by atoms with van der Waals surface area (Å²) in [7, 11) is 0. The number of nitrogens with two attached hydrogens (primary N) is 1. The van der Waals surface area contributed by atoms with Gasteiger partial charge in [-0.1, -0.05) is 6.92 Å². The fraction of sp³-hybridized carbons (Fsp3) is 0.400. The minimum Gasteiger partial charge on any atom is -0.287 e. The molecule has 1 rings (SSSR count). The van der Waals surface area contributed by atoms with Crippen molar-refractivity contribution in [2.45, 2.75) is 13.3 Å². The number of nitrogens with zero attached hydrogens (tertiary/aromatic N) is 2. The Balaban J connectivity index is 2.80. The molecule has 0 spiro atoms. The topological polar surface area (TPSA) is 96.7 Å². The van der Waals surface area contributed by atoms with E-state index in [1.807, 2.05) is 12.3 Å². The highest BCUT2D eigenvalue weighted by Crippen LogP contribution is 1.91. The number of hydrazine groups is 1. The summed E-state index contributed by atoms with van der Waals surface area (Å²) in [6.45, 7) is 1.91. The van der Waals surface area contributed by atoms with Crippen molar-refractivity contribution < 1.29 is 4.79 Å². The number of aromatic nitrogens is 3. The number of aromatic amines is 1. The third-order valence-corrected chi connectivity index (χ3v) is 1.20. The van der Waals surface area contributed by atoms with Crippen molar-refractivity contribution in [3.05, 3.63) is 11.6 Å². The molecule has 1 aromatic rings. The molecule has 0 saturated carbocycles. The molecular weight excluding hydrogens is 146 g/mol. The van der Waals surface area contributed by atoms with Crippen LogP contribution in [0.5, 0.6) is 0 Å². The van der Waals surface area contributed by atoms with E-state index in [1.54, 1.807) is 0 Å². The quantitative estimate of drug-likeness (QED) is 0.289. The number of hydrogen-bond acceptors (Lipinski definition) is 4. The van der Waals surface area contributed by atoms with Crippen molar-refractivity contribution in [2.75, 3.05) is 0 Å². The summed E-state index contributed by atoms with van der Waals surface area (Å²) < 4.78 is 0. The molecule has 0 saturated heterocycles. The van der Waals surface area contributed by atoms with E-state index in [0.717, 1.165) is 0 Å². The maximum Gasteiger partial charge on any atom is 0.304 e. The fourth-order valence-corrected chi connectivity index (χ4v) is 0.620. The van der Waals surface area contributed by atoms with Crippen LogP contribution in [0, 0.1) is 0 Å². The molecule has 6 nitrogen and oxygen atoms in total. The highest BCUT2D eigenvalue weighted by atomic mass is 16.2. The normalized spacial score (nSPS) is 9.64. The van der Waals surface area contributed by atoms with E-state index >= 15 is 0 Å². The molecule has 1 heterocycles. The van der Waals surface area contributed by atoms with Gasteiger partial charge in [-0.3, -0.25) is 15.3 Å². The van der Waals surface area contributed by atoms with Crippen LogP contribution in [0.2, 0.25) is 0 Å². The van der Waals surface area contributed by atoms with E-state index in [0.29, 0.717) is 12.2 Å². The van der Waals surface area contributed by atoms with Gasteiger partial charge in [-0.25, -0.2) is 10.8 Å². The molecule has 0 aliphatic rings. The van der Waals surface area contributed by atoms with Crippen LogP contribution in [-0.2, 0) is 6.42 Å². The van der Waals surface area contributed by atoms with Gasteiger partial charge in [0, 0.05) is 6.42 Å². The van der Waals surface area contributed by atoms with Gasteiger partial charge in [0.25, 0.3) is 0 Å². The summed E-state index contributed by atoms with van der Waals surface area (Å²) in [5, 5.41) is 6.22. The Labute approximate surface area is 63.2 Å². The SMILES string of the molecule is CCc1nc(C(=O)NN)n[nH]1. The lowest BCUT2D eigenvalue weighted by molar-refractivity contribution is 0.0943. The van der Waals surface area contributed by atoms with E-state index < -0.39 is 5.91 Å². The molecular formula is C5H9N5O. The van der Waals surface area contributed by atoms with E-state index in [4.69, 9.17) is 5.84 Å². The number of carbonyl (C=O) groups excluding carboxylic acids is 1. The Kier molecular flexibility index (Phi) is 2.17. The monoisotopic (exact) mass is 155 g/mol. The zero-order chi connectivity index (χ0) is 8.27. The molecule has 0 radical (unpaired) electrons. The summed E-state index contributed by atoms with van der Waals surface area (Å²) >= 11 is 0. The maximum absolute atomic E-state index is 10.8. The van der Waals surface area contributed by atoms with Crippen molar-refractivity contribution in [3.63, 3.8) is 0 Å². The molecule has 0 unspecified atom stereocenters. The second-order valence-electron chi connectivity index (χ2n) is 1.93. The number of aryl methyl sites for hydroxylation is 1. The summed E-state index contributed by atoms with van der Waals surface area (Å²) in [4.78, 5) is 14.6. The first-order chi connectivity index (χ1) is 5.27. The zero-order valence-corrected chi connectivity index (χ0v) is 6.09. The Morgan fingerprint density at radius 1 is 1.82 bits per heavy atom. The van der Waals surface area contributed by atoms with Gasteiger partial charge in [-0.2, -0.15) is 0 Å². The van der Waals surface area contributed by atoms with Crippen molar-refractivity contribution >= 4 is 5.91 Å². The Morgan fingerprint density at radius 2 is 2.55 bits per heavy atom. The number of rotatable bonds is 2. The summed E-state index contributed by atoms with van der Waals surface area (Å²) in [6, 6.07) is 0. The van der Waals surface area contributed by atoms with Crippen LogP contribution in [0.15, 0.2) is 0 Å². The van der Waals surface area contributed by atoms with Gasteiger partial charge in [-0.05, 0) is 0 Å². The number of hydrogen-bond donors (Lipinski definition) is 3. The highest BCUT2D eigenvalue weighted by Gasteiger charge is 2.08. The van der Waals surface area contributed by atoms with Crippen LogP contribution in [0.25, 0.3) is 0 Å². The molecule has 1 aromatic heterocycles. The first-order valence-electron chi connectivity index (χ1n) is 3.20. The molecule has 0 aliphatic heterocycles. The van der Waals surface area contributed by atoms with Gasteiger partial charge in [0.2, 0.25) is 5.82 Å². The number of nitrogen functional groups attached to an aromatic ring is 1. The van der Waals surface area contributed by atoms with Gasteiger partial charge < -0.3 is 0 Å². The van der Waals surface area contributed by atoms with Crippen LogP contribution >= 0.6 is 0 Å². The number of carbonyl (C=O) groups is 1. The average Bonchev–Trinajstić information content (AvgIpc) is 2.50. The number of H-pyrrole nitrogens is 1. The minimum atomic E-state index is -0.485. The molecule has 0 bridgehead atoms. The van der Waals surface area contributed by atoms with Crippen molar-refractivity contribution in [3.8, 4) is 0 Å². The maximum atomic E-state index is 10.8. The summed E-state index contributed by atoms with van der Waals surface area (Å²) in [5.74, 6) is 5.12. The molecule has 0 aliphatic carbocycles. The Morgan fingerprint density at radius 3 is 3.00 bits per heavy atom. The largest absolute Gasteiger partial charge is 0.304 e. The lowest BCUT2D eigenvalue weighted by Crippen LogP contribution is -2.30. The number of amides is 1. The zero-order valence-electron chi connectivity index (χ0n) is 6.09. The minimum absolute atomic E-state index is 0.0735. The van der Waals surface area contributed by atoms with Crippen LogP contribution in [-0.4, -0.2) is 21.1 Å². The lowest BCUT2D eigenvalue weighted by atomic mass is 10.5. The van der Waals surface area contributed by atoms with Gasteiger partial charge >= 0.3 is 5.91 Å². The Bertz CT molecular complexity index is 255. The Hall–Kier alpha value is -1.43. The van der Waals surface area contributed by atoms with Crippen molar-refractivity contribution in [1.29, 1.82) is 0 Å². The smallest absolute Gasteiger partial charge is 0.287 e. The van der Waals surface area contributed by atoms with Gasteiger partial charge in [0.15, 0.2) is 0 Å². The molecule has 60 valence electrons. The van der Waals surface area contributed by atoms with E-state index in [1.165, 1.54) is 0 Å². The molecule has 6 heteroatoms. The highest BCUT2D eigenvalue weighted by molar-refractivity contribution is 5.89. The van der Waals surface area contributed by atoms with Gasteiger partial charge in [-0.15, -0.1) is 5.10 Å². The van der Waals surface area contributed by atoms with Crippen LogP contribution in [0.1, 0.15) is 23.4 Å². The van der Waals surface area contributed by atoms with E-state index in [9.17, 15) is 4.79 Å². The lowest BCUT2D eigenvalue weighted by Gasteiger charge is -1.88. The van der Waals surface area contributed by atoms with E-state index in [2.05, 4.69) is 15.2 Å². The first kappa shape index (κ1) is 7.67. The van der Waals surface area contributed by atoms with Crippen LogP contribution < -0.4 is 11.3 Å². The second kappa shape index (κ2) is 3.11. The molecule has 1 amide bonds. The van der Waals surface area contributed by atoms with Crippen molar-refractivity contribution in [2.24, 2.45) is 5.84 Å². The average molecular weight is 155 g/mol. The van der Waals surface area contributed by atoms with Gasteiger partial charge in [0.1, 0.15) is 5.82 Å². The number of nitrogens with one attached hydrogen (secondary N) is 2. The second-order valence-corrected chi connectivity index (χ2v) is 1.93. The van der Waals surface area contributed by atoms with Crippen molar-refractivity contribution in [1.82, 2.24) is 20.6 Å². The fourth-order valence-electron chi connectivity index (χ4n) is 0.620. The molecule has 0 atom stereocenters. The van der Waals surface area contributed by atoms with Gasteiger partial charge in [0.05, 0.1) is 0 Å². The third kappa shape index (κ3) is 1.53. The summed E-state index contributed by atoms with van der Waals surface area (Å²) in [6.07, 6.45) is 0.713. The predicted molar refractivity (Wildman–Crippen MR) is 37.4 cm³/mol. The summed E-state index contributed by atoms with van der Waals surface area (Å²) in [5.41, 5.74) is 1.93. The molecule has 11 heavy (non-hydrogen) atoms. The molecule has 0 fully saturated rings. The van der Waals surface area contributed by atoms with Crippen LogP contribution in [0.3, 0.4) is 0 Å². The molecule has 4 N–H and O–H groups in total. The van der Waals surface area contributed by atoms with E-state index in [-0.39, 0.29) is 5.82 Å².